The monoisotopic (exact) mass is 336 g/mol. The minimum absolute atomic E-state index is 0.240. The van der Waals surface area contributed by atoms with Gasteiger partial charge in [-0.15, -0.1) is 0 Å². The van der Waals surface area contributed by atoms with E-state index in [0.717, 1.165) is 39.3 Å². The Morgan fingerprint density at radius 1 is 1.30 bits per heavy atom. The molecule has 0 radical (unpaired) electrons. The first-order valence-corrected chi connectivity index (χ1v) is 8.43. The van der Waals surface area contributed by atoms with Gasteiger partial charge in [-0.1, -0.05) is 15.9 Å². The Kier molecular flexibility index (Phi) is 3.28. The normalized spacial score (nSPS) is 30.1. The van der Waals surface area contributed by atoms with Gasteiger partial charge in [0.15, 0.2) is 0 Å². The summed E-state index contributed by atoms with van der Waals surface area (Å²) in [5.74, 6) is 0. The third-order valence-electron chi connectivity index (χ3n) is 5.17. The van der Waals surface area contributed by atoms with E-state index in [1.54, 1.807) is 0 Å². The molecule has 0 bridgehead atoms. The van der Waals surface area contributed by atoms with E-state index in [4.69, 9.17) is 4.74 Å². The van der Waals surface area contributed by atoms with Gasteiger partial charge in [-0.25, -0.2) is 0 Å². The van der Waals surface area contributed by atoms with Crippen molar-refractivity contribution in [1.29, 1.82) is 0 Å². The number of fused-ring (bicyclic) bond motifs is 2. The highest BCUT2D eigenvalue weighted by Crippen LogP contribution is 2.47. The second-order valence-electron chi connectivity index (χ2n) is 6.35. The highest BCUT2D eigenvalue weighted by molar-refractivity contribution is 9.10. The molecule has 108 valence electrons. The van der Waals surface area contributed by atoms with E-state index in [2.05, 4.69) is 44.3 Å². The van der Waals surface area contributed by atoms with E-state index in [1.807, 2.05) is 0 Å². The number of halogens is 1. The highest BCUT2D eigenvalue weighted by atomic mass is 79.9. The Hall–Kier alpha value is -0.580. The van der Waals surface area contributed by atoms with Crippen LogP contribution in [0.5, 0.6) is 0 Å². The third-order valence-corrected chi connectivity index (χ3v) is 5.66. The Labute approximate surface area is 128 Å². The van der Waals surface area contributed by atoms with Crippen LogP contribution in [0.1, 0.15) is 24.8 Å². The first-order valence-electron chi connectivity index (χ1n) is 7.64. The van der Waals surface area contributed by atoms with E-state index in [9.17, 15) is 0 Å². The first-order chi connectivity index (χ1) is 9.78. The average molecular weight is 337 g/mol. The quantitative estimate of drug-likeness (QED) is 0.853. The molecule has 3 aliphatic heterocycles. The van der Waals surface area contributed by atoms with Crippen molar-refractivity contribution < 1.29 is 4.74 Å². The Morgan fingerprint density at radius 3 is 2.90 bits per heavy atom. The summed E-state index contributed by atoms with van der Waals surface area (Å²) in [7, 11) is 0. The zero-order chi connectivity index (χ0) is 13.6. The topological polar surface area (TPSA) is 24.5 Å². The van der Waals surface area contributed by atoms with E-state index in [1.165, 1.54) is 28.6 Å². The summed E-state index contributed by atoms with van der Waals surface area (Å²) in [6.07, 6.45) is 3.68. The van der Waals surface area contributed by atoms with Crippen molar-refractivity contribution in [3.8, 4) is 0 Å². The number of benzene rings is 1. The predicted octanol–water partition coefficient (Wildman–Crippen LogP) is 2.68. The fourth-order valence-electron chi connectivity index (χ4n) is 4.07. The molecule has 3 nitrogen and oxygen atoms in total. The van der Waals surface area contributed by atoms with Crippen LogP contribution in [0.15, 0.2) is 22.7 Å². The summed E-state index contributed by atoms with van der Waals surface area (Å²) in [5.41, 5.74) is 3.19. The van der Waals surface area contributed by atoms with Gasteiger partial charge in [0.05, 0.1) is 6.61 Å². The van der Waals surface area contributed by atoms with Crippen LogP contribution < -0.4 is 10.2 Å². The van der Waals surface area contributed by atoms with Gasteiger partial charge in [0.1, 0.15) is 0 Å². The summed E-state index contributed by atoms with van der Waals surface area (Å²) in [6.45, 7) is 5.24. The summed E-state index contributed by atoms with van der Waals surface area (Å²) in [4.78, 5) is 2.66. The molecule has 3 heterocycles. The number of nitrogens with zero attached hydrogens (tertiary/aromatic N) is 1. The van der Waals surface area contributed by atoms with E-state index >= 15 is 0 Å². The minimum atomic E-state index is 0.240. The molecule has 1 aromatic carbocycles. The minimum Gasteiger partial charge on any atom is -0.380 e. The standard InChI is InChI=1S/C16H21BrN2O/c17-12-1-2-15-14(9-12)16(5-8-20-11-16)10-19(15)13-3-6-18-7-4-13/h1-2,9,13,18H,3-8,10-11H2. The highest BCUT2D eigenvalue weighted by Gasteiger charge is 2.47. The number of anilines is 1. The van der Waals surface area contributed by atoms with E-state index in [-0.39, 0.29) is 5.41 Å². The van der Waals surface area contributed by atoms with Crippen molar-refractivity contribution in [1.82, 2.24) is 5.32 Å². The smallest absolute Gasteiger partial charge is 0.0581 e. The Bertz CT molecular complexity index is 507. The molecule has 0 saturated carbocycles. The van der Waals surface area contributed by atoms with Crippen LogP contribution >= 0.6 is 15.9 Å². The van der Waals surface area contributed by atoms with Crippen molar-refractivity contribution in [2.24, 2.45) is 0 Å². The summed E-state index contributed by atoms with van der Waals surface area (Å²) >= 11 is 3.64. The van der Waals surface area contributed by atoms with Crippen molar-refractivity contribution in [3.05, 3.63) is 28.2 Å². The van der Waals surface area contributed by atoms with Crippen LogP contribution in [0.25, 0.3) is 0 Å². The predicted molar refractivity (Wildman–Crippen MR) is 84.5 cm³/mol. The second kappa shape index (κ2) is 5.00. The number of rotatable bonds is 1. The van der Waals surface area contributed by atoms with Gasteiger partial charge in [-0.05, 0) is 56.1 Å². The van der Waals surface area contributed by atoms with Crippen LogP contribution in [0.3, 0.4) is 0 Å². The van der Waals surface area contributed by atoms with Crippen LogP contribution in [-0.4, -0.2) is 38.9 Å². The largest absolute Gasteiger partial charge is 0.380 e. The van der Waals surface area contributed by atoms with Gasteiger partial charge in [-0.3, -0.25) is 0 Å². The lowest BCUT2D eigenvalue weighted by molar-refractivity contribution is 0.179. The van der Waals surface area contributed by atoms with Gasteiger partial charge >= 0.3 is 0 Å². The van der Waals surface area contributed by atoms with Gasteiger partial charge in [0.2, 0.25) is 0 Å². The zero-order valence-corrected chi connectivity index (χ0v) is 13.3. The van der Waals surface area contributed by atoms with Gasteiger partial charge in [0.25, 0.3) is 0 Å². The molecule has 2 fully saturated rings. The molecule has 0 amide bonds. The molecule has 1 spiro atoms. The lowest BCUT2D eigenvalue weighted by atomic mass is 9.82. The van der Waals surface area contributed by atoms with Gasteiger partial charge in [-0.2, -0.15) is 0 Å². The second-order valence-corrected chi connectivity index (χ2v) is 7.27. The maximum atomic E-state index is 5.76. The van der Waals surface area contributed by atoms with E-state index in [0.29, 0.717) is 6.04 Å². The summed E-state index contributed by atoms with van der Waals surface area (Å²) < 4.78 is 6.95. The number of hydrogen-bond donors (Lipinski definition) is 1. The van der Waals surface area contributed by atoms with Crippen molar-refractivity contribution >= 4 is 21.6 Å². The number of hydrogen-bond acceptors (Lipinski definition) is 3. The lowest BCUT2D eigenvalue weighted by Gasteiger charge is -2.35. The lowest BCUT2D eigenvalue weighted by Crippen LogP contribution is -2.45. The van der Waals surface area contributed by atoms with Crippen molar-refractivity contribution in [2.75, 3.05) is 37.7 Å². The molecule has 1 unspecified atom stereocenters. The molecule has 2 saturated heterocycles. The molecule has 1 aromatic rings. The van der Waals surface area contributed by atoms with Gasteiger partial charge in [0, 0.05) is 34.8 Å². The fourth-order valence-corrected chi connectivity index (χ4v) is 4.43. The molecule has 0 aliphatic carbocycles. The summed E-state index contributed by atoms with van der Waals surface area (Å²) in [5, 5.41) is 3.47. The fraction of sp³-hybridized carbons (Fsp3) is 0.625. The van der Waals surface area contributed by atoms with E-state index < -0.39 is 0 Å². The SMILES string of the molecule is Brc1ccc2c(c1)C1(CCOC1)CN2C1CCNCC1. The van der Waals surface area contributed by atoms with Crippen LogP contribution in [0.2, 0.25) is 0 Å². The molecule has 3 aliphatic rings. The van der Waals surface area contributed by atoms with Crippen molar-refractivity contribution in [2.45, 2.75) is 30.7 Å². The van der Waals surface area contributed by atoms with Crippen LogP contribution in [0.4, 0.5) is 5.69 Å². The summed E-state index contributed by atoms with van der Waals surface area (Å²) in [6, 6.07) is 7.50. The average Bonchev–Trinajstić information content (AvgIpc) is 3.07. The maximum absolute atomic E-state index is 5.76. The molecule has 20 heavy (non-hydrogen) atoms. The van der Waals surface area contributed by atoms with Crippen molar-refractivity contribution in [3.63, 3.8) is 0 Å². The Balaban J connectivity index is 1.73. The third kappa shape index (κ3) is 2.00. The number of nitrogens with one attached hydrogen (secondary N) is 1. The molecule has 0 aromatic heterocycles. The molecule has 4 heteroatoms. The number of piperidine rings is 1. The van der Waals surface area contributed by atoms with Gasteiger partial charge < -0.3 is 15.0 Å². The number of ether oxygens (including phenoxy) is 1. The van der Waals surface area contributed by atoms with Crippen LogP contribution in [0, 0.1) is 0 Å². The molecular formula is C16H21BrN2O. The molecular weight excluding hydrogens is 316 g/mol. The van der Waals surface area contributed by atoms with Crippen LogP contribution in [-0.2, 0) is 10.2 Å². The zero-order valence-electron chi connectivity index (χ0n) is 11.7. The molecule has 1 atom stereocenters. The first kappa shape index (κ1) is 13.1. The maximum Gasteiger partial charge on any atom is 0.0581 e. The molecule has 1 N–H and O–H groups in total. The Morgan fingerprint density at radius 2 is 2.15 bits per heavy atom. The molecule has 4 rings (SSSR count).